The molecule has 3 rings (SSSR count). The molecule has 1 aliphatic carbocycles. The third-order valence-electron chi connectivity index (χ3n) is 3.48. The lowest BCUT2D eigenvalue weighted by Gasteiger charge is -2.23. The van der Waals surface area contributed by atoms with E-state index in [0.717, 1.165) is 22.5 Å². The summed E-state index contributed by atoms with van der Waals surface area (Å²) in [4.78, 5) is 4.77. The molecule has 1 aliphatic rings. The van der Waals surface area contributed by atoms with E-state index in [0.29, 0.717) is 5.92 Å². The van der Waals surface area contributed by atoms with Crippen LogP contribution in [0.5, 0.6) is 0 Å². The summed E-state index contributed by atoms with van der Waals surface area (Å²) in [6.45, 7) is 4.63. The second-order valence-corrected chi connectivity index (χ2v) is 5.79. The number of hydrogen-bond acceptors (Lipinski definition) is 1. The first-order valence-corrected chi connectivity index (χ1v) is 6.61. The van der Waals surface area contributed by atoms with Gasteiger partial charge >= 0.3 is 0 Å². The van der Waals surface area contributed by atoms with Crippen molar-refractivity contribution in [1.82, 2.24) is 9.38 Å². The molecular formula is C13H15BrN2. The number of aromatic nitrogens is 2. The second-order valence-electron chi connectivity index (χ2n) is 4.94. The summed E-state index contributed by atoms with van der Waals surface area (Å²) >= 11 is 3.57. The van der Waals surface area contributed by atoms with Crippen molar-refractivity contribution in [2.75, 3.05) is 0 Å². The van der Waals surface area contributed by atoms with Gasteiger partial charge in [0, 0.05) is 11.9 Å². The molecule has 0 fully saturated rings. The lowest BCUT2D eigenvalue weighted by Crippen LogP contribution is -2.15. The number of pyridine rings is 1. The third-order valence-corrected chi connectivity index (χ3v) is 4.10. The zero-order valence-electron chi connectivity index (χ0n) is 9.57. The van der Waals surface area contributed by atoms with Crippen molar-refractivity contribution in [1.29, 1.82) is 0 Å². The van der Waals surface area contributed by atoms with Gasteiger partial charge in [0.15, 0.2) is 5.65 Å². The molecule has 16 heavy (non-hydrogen) atoms. The van der Waals surface area contributed by atoms with Crippen LogP contribution in [0.3, 0.4) is 0 Å². The molecule has 0 N–H and O–H groups in total. The summed E-state index contributed by atoms with van der Waals surface area (Å²) in [6.07, 6.45) is 4.51. The van der Waals surface area contributed by atoms with Crippen molar-refractivity contribution in [3.05, 3.63) is 34.2 Å². The Balaban J connectivity index is 2.30. The van der Waals surface area contributed by atoms with Crippen LogP contribution in [0.2, 0.25) is 0 Å². The van der Waals surface area contributed by atoms with E-state index in [-0.39, 0.29) is 0 Å². The first-order valence-electron chi connectivity index (χ1n) is 5.82. The van der Waals surface area contributed by atoms with Gasteiger partial charge in [-0.15, -0.1) is 0 Å². The van der Waals surface area contributed by atoms with Crippen molar-refractivity contribution in [3.8, 4) is 0 Å². The van der Waals surface area contributed by atoms with Gasteiger partial charge in [-0.3, -0.25) is 0 Å². The van der Waals surface area contributed by atoms with Gasteiger partial charge in [-0.2, -0.15) is 0 Å². The van der Waals surface area contributed by atoms with Crippen LogP contribution in [0, 0.1) is 5.92 Å². The van der Waals surface area contributed by atoms with Crippen molar-refractivity contribution < 1.29 is 0 Å². The molecule has 0 spiro atoms. The normalized spacial score (nSPS) is 24.7. The average molecular weight is 279 g/mol. The molecule has 0 saturated heterocycles. The van der Waals surface area contributed by atoms with Gasteiger partial charge in [-0.25, -0.2) is 4.98 Å². The van der Waals surface area contributed by atoms with Crippen molar-refractivity contribution in [2.24, 2.45) is 5.92 Å². The fourth-order valence-electron chi connectivity index (χ4n) is 2.90. The number of imidazole rings is 1. The maximum absolute atomic E-state index is 4.77. The Morgan fingerprint density at radius 1 is 1.44 bits per heavy atom. The maximum Gasteiger partial charge on any atom is 0.151 e. The fraction of sp³-hybridized carbons (Fsp3) is 0.462. The Labute approximate surface area is 104 Å². The number of fused-ring (bicyclic) bond motifs is 3. The van der Waals surface area contributed by atoms with Gasteiger partial charge in [0.1, 0.15) is 0 Å². The van der Waals surface area contributed by atoms with Crippen molar-refractivity contribution in [3.63, 3.8) is 0 Å². The summed E-state index contributed by atoms with van der Waals surface area (Å²) in [5, 5.41) is 0. The van der Waals surface area contributed by atoms with Gasteiger partial charge in [0.25, 0.3) is 0 Å². The summed E-state index contributed by atoms with van der Waals surface area (Å²) < 4.78 is 3.33. The summed E-state index contributed by atoms with van der Waals surface area (Å²) in [7, 11) is 0. The second kappa shape index (κ2) is 3.59. The van der Waals surface area contributed by atoms with E-state index < -0.39 is 0 Å². The van der Waals surface area contributed by atoms with Crippen molar-refractivity contribution in [2.45, 2.75) is 32.6 Å². The first-order chi connectivity index (χ1) is 7.66. The van der Waals surface area contributed by atoms with E-state index in [4.69, 9.17) is 4.98 Å². The zero-order chi connectivity index (χ0) is 11.3. The molecule has 0 aliphatic heterocycles. The fourth-order valence-corrected chi connectivity index (χ4v) is 3.33. The molecule has 0 radical (unpaired) electrons. The molecule has 2 aromatic heterocycles. The van der Waals surface area contributed by atoms with Crippen LogP contribution in [0.4, 0.5) is 0 Å². The number of rotatable bonds is 0. The smallest absolute Gasteiger partial charge is 0.151 e. The van der Waals surface area contributed by atoms with Gasteiger partial charge < -0.3 is 4.40 Å². The van der Waals surface area contributed by atoms with Crippen LogP contribution in [0.1, 0.15) is 37.6 Å². The van der Waals surface area contributed by atoms with Gasteiger partial charge in [-0.05, 0) is 52.7 Å². The van der Waals surface area contributed by atoms with Crippen LogP contribution in [0.15, 0.2) is 22.8 Å². The highest BCUT2D eigenvalue weighted by Gasteiger charge is 2.26. The molecule has 0 saturated carbocycles. The van der Waals surface area contributed by atoms with E-state index >= 15 is 0 Å². The minimum atomic E-state index is 0.614. The largest absolute Gasteiger partial charge is 0.303 e. The van der Waals surface area contributed by atoms with E-state index in [1.54, 1.807) is 0 Å². The third kappa shape index (κ3) is 1.41. The highest BCUT2D eigenvalue weighted by molar-refractivity contribution is 9.10. The molecule has 0 amide bonds. The van der Waals surface area contributed by atoms with Crippen LogP contribution in [-0.4, -0.2) is 9.38 Å². The van der Waals surface area contributed by atoms with Gasteiger partial charge in [0.05, 0.1) is 10.2 Å². The molecule has 0 aromatic carbocycles. The first kappa shape index (κ1) is 10.3. The number of halogens is 1. The Morgan fingerprint density at radius 3 is 3.06 bits per heavy atom. The lowest BCUT2D eigenvalue weighted by atomic mass is 9.84. The molecule has 2 atom stereocenters. The van der Waals surface area contributed by atoms with E-state index in [9.17, 15) is 0 Å². The summed E-state index contributed by atoms with van der Waals surface area (Å²) in [6, 6.07) is 4.13. The monoisotopic (exact) mass is 278 g/mol. The van der Waals surface area contributed by atoms with E-state index in [1.165, 1.54) is 17.8 Å². The quantitative estimate of drug-likeness (QED) is 0.717. The Hall–Kier alpha value is -0.830. The highest BCUT2D eigenvalue weighted by atomic mass is 79.9. The van der Waals surface area contributed by atoms with Gasteiger partial charge in [0.2, 0.25) is 0 Å². The SMILES string of the molecule is CC1Cc2nc3c(Br)cccn3c2C(C)C1. The predicted octanol–water partition coefficient (Wildman–Crippen LogP) is 3.78. The zero-order valence-corrected chi connectivity index (χ0v) is 11.2. The minimum Gasteiger partial charge on any atom is -0.303 e. The van der Waals surface area contributed by atoms with Crippen LogP contribution >= 0.6 is 15.9 Å². The molecular weight excluding hydrogens is 264 g/mol. The van der Waals surface area contributed by atoms with Crippen LogP contribution < -0.4 is 0 Å². The van der Waals surface area contributed by atoms with Crippen molar-refractivity contribution >= 4 is 21.6 Å². The lowest BCUT2D eigenvalue weighted by molar-refractivity contribution is 0.437. The molecule has 0 bridgehead atoms. The standard InChI is InChI=1S/C13H15BrN2/c1-8-6-9(2)12-11(7-8)15-13-10(14)4-3-5-16(12)13/h3-5,8-9H,6-7H2,1-2H3. The summed E-state index contributed by atoms with van der Waals surface area (Å²) in [5.74, 6) is 1.37. The van der Waals surface area contributed by atoms with Gasteiger partial charge in [-0.1, -0.05) is 13.8 Å². The van der Waals surface area contributed by atoms with E-state index in [2.05, 4.69) is 52.5 Å². The molecule has 2 aromatic rings. The van der Waals surface area contributed by atoms with E-state index in [1.807, 2.05) is 0 Å². The maximum atomic E-state index is 4.77. The minimum absolute atomic E-state index is 0.614. The summed E-state index contributed by atoms with van der Waals surface area (Å²) in [5.41, 5.74) is 3.76. The molecule has 2 heterocycles. The number of nitrogens with zero attached hydrogens (tertiary/aromatic N) is 2. The Bertz CT molecular complexity index is 544. The van der Waals surface area contributed by atoms with Crippen LogP contribution in [-0.2, 0) is 6.42 Å². The highest BCUT2D eigenvalue weighted by Crippen LogP contribution is 2.35. The Kier molecular flexibility index (Phi) is 2.32. The number of hydrogen-bond donors (Lipinski definition) is 0. The Morgan fingerprint density at radius 2 is 2.25 bits per heavy atom. The van der Waals surface area contributed by atoms with Crippen LogP contribution in [0.25, 0.3) is 5.65 Å². The average Bonchev–Trinajstić information content (AvgIpc) is 2.57. The molecule has 3 heteroatoms. The molecule has 2 nitrogen and oxygen atoms in total. The topological polar surface area (TPSA) is 17.3 Å². The molecule has 2 unspecified atom stereocenters. The molecule has 84 valence electrons. The predicted molar refractivity (Wildman–Crippen MR) is 68.8 cm³/mol.